The summed E-state index contributed by atoms with van der Waals surface area (Å²) < 4.78 is 2.27. The molecule has 0 radical (unpaired) electrons. The third kappa shape index (κ3) is 4.05. The van der Waals surface area contributed by atoms with Crippen molar-refractivity contribution in [3.05, 3.63) is 11.6 Å². The lowest BCUT2D eigenvalue weighted by atomic mass is 9.99. The molecule has 24 heavy (non-hydrogen) atoms. The quantitative estimate of drug-likeness (QED) is 0.664. The van der Waals surface area contributed by atoms with Crippen molar-refractivity contribution >= 4 is 17.7 Å². The molecule has 2 unspecified atom stereocenters. The van der Waals surface area contributed by atoms with Crippen LogP contribution >= 0.6 is 11.8 Å². The maximum absolute atomic E-state index is 4.98. The molecule has 6 nitrogen and oxygen atoms in total. The standard InChI is InChI=1S/C17H30N6S/c1-4-15-12-22(8-9-24-15)17(18-5-2)19-10-14-6-7-16-21-20-13(3)23(16)11-14/h14-15H,4-12H2,1-3H3,(H,18,19). The number of hydrogen-bond donors (Lipinski definition) is 1. The van der Waals surface area contributed by atoms with E-state index in [4.69, 9.17) is 4.99 Å². The molecule has 0 bridgehead atoms. The van der Waals surface area contributed by atoms with Crippen molar-refractivity contribution in [2.24, 2.45) is 10.9 Å². The summed E-state index contributed by atoms with van der Waals surface area (Å²) >= 11 is 2.10. The minimum Gasteiger partial charge on any atom is -0.357 e. The van der Waals surface area contributed by atoms with Crippen molar-refractivity contribution in [1.82, 2.24) is 25.0 Å². The van der Waals surface area contributed by atoms with Crippen LogP contribution in [0.3, 0.4) is 0 Å². The fourth-order valence-corrected chi connectivity index (χ4v) is 4.66. The van der Waals surface area contributed by atoms with Crippen LogP contribution < -0.4 is 5.32 Å². The first-order chi connectivity index (χ1) is 11.7. The fourth-order valence-electron chi connectivity index (χ4n) is 3.48. The Hall–Kier alpha value is -1.24. The normalized spacial score (nSPS) is 24.8. The molecule has 3 heterocycles. The fraction of sp³-hybridized carbons (Fsp3) is 0.824. The lowest BCUT2D eigenvalue weighted by Gasteiger charge is -2.34. The molecule has 2 aliphatic rings. The van der Waals surface area contributed by atoms with Gasteiger partial charge in [0.2, 0.25) is 0 Å². The van der Waals surface area contributed by atoms with Crippen LogP contribution in [-0.4, -0.2) is 62.8 Å². The number of aryl methyl sites for hydroxylation is 2. The molecule has 0 amide bonds. The van der Waals surface area contributed by atoms with E-state index in [0.29, 0.717) is 5.92 Å². The van der Waals surface area contributed by atoms with E-state index in [2.05, 4.69) is 50.6 Å². The highest BCUT2D eigenvalue weighted by atomic mass is 32.2. The van der Waals surface area contributed by atoms with Gasteiger partial charge in [-0.1, -0.05) is 6.92 Å². The molecular formula is C17H30N6S. The maximum atomic E-state index is 4.98. The first kappa shape index (κ1) is 17.6. The number of rotatable bonds is 4. The molecule has 1 N–H and O–H groups in total. The molecule has 3 rings (SSSR count). The number of aromatic nitrogens is 3. The zero-order chi connectivity index (χ0) is 16.9. The van der Waals surface area contributed by atoms with Crippen LogP contribution in [0, 0.1) is 12.8 Å². The Bertz CT molecular complexity index is 569. The van der Waals surface area contributed by atoms with Crippen molar-refractivity contribution in [2.45, 2.75) is 51.8 Å². The highest BCUT2D eigenvalue weighted by Gasteiger charge is 2.24. The second-order valence-corrected chi connectivity index (χ2v) is 8.13. The molecule has 1 aromatic rings. The van der Waals surface area contributed by atoms with E-state index in [1.807, 2.05) is 6.92 Å². The van der Waals surface area contributed by atoms with Gasteiger partial charge in [-0.15, -0.1) is 10.2 Å². The smallest absolute Gasteiger partial charge is 0.193 e. The summed E-state index contributed by atoms with van der Waals surface area (Å²) in [5, 5.41) is 12.7. The average Bonchev–Trinajstić information content (AvgIpc) is 2.99. The van der Waals surface area contributed by atoms with Crippen LogP contribution in [0.4, 0.5) is 0 Å². The van der Waals surface area contributed by atoms with Crippen LogP contribution in [-0.2, 0) is 13.0 Å². The van der Waals surface area contributed by atoms with Gasteiger partial charge in [0.15, 0.2) is 5.96 Å². The van der Waals surface area contributed by atoms with E-state index >= 15 is 0 Å². The van der Waals surface area contributed by atoms with E-state index in [-0.39, 0.29) is 0 Å². The lowest BCUT2D eigenvalue weighted by Crippen LogP contribution is -2.48. The van der Waals surface area contributed by atoms with Crippen LogP contribution in [0.1, 0.15) is 38.3 Å². The summed E-state index contributed by atoms with van der Waals surface area (Å²) in [5.41, 5.74) is 0. The van der Waals surface area contributed by atoms with E-state index in [1.165, 1.54) is 12.2 Å². The van der Waals surface area contributed by atoms with Crippen molar-refractivity contribution in [3.8, 4) is 0 Å². The van der Waals surface area contributed by atoms with Crippen molar-refractivity contribution in [3.63, 3.8) is 0 Å². The zero-order valence-corrected chi connectivity index (χ0v) is 16.0. The first-order valence-corrected chi connectivity index (χ1v) is 10.3. The summed E-state index contributed by atoms with van der Waals surface area (Å²) in [4.78, 5) is 7.44. The molecule has 0 aliphatic carbocycles. The van der Waals surface area contributed by atoms with Gasteiger partial charge in [-0.2, -0.15) is 11.8 Å². The van der Waals surface area contributed by atoms with Crippen LogP contribution in [0.25, 0.3) is 0 Å². The maximum Gasteiger partial charge on any atom is 0.193 e. The Morgan fingerprint density at radius 1 is 1.33 bits per heavy atom. The molecule has 0 spiro atoms. The highest BCUT2D eigenvalue weighted by molar-refractivity contribution is 8.00. The number of guanidine groups is 1. The van der Waals surface area contributed by atoms with E-state index in [0.717, 1.165) is 68.4 Å². The van der Waals surface area contributed by atoms with Crippen LogP contribution in [0.5, 0.6) is 0 Å². The van der Waals surface area contributed by atoms with Gasteiger partial charge >= 0.3 is 0 Å². The zero-order valence-electron chi connectivity index (χ0n) is 15.2. The van der Waals surface area contributed by atoms with Crippen LogP contribution in [0.15, 0.2) is 4.99 Å². The van der Waals surface area contributed by atoms with E-state index < -0.39 is 0 Å². The molecule has 1 aromatic heterocycles. The average molecular weight is 351 g/mol. The summed E-state index contributed by atoms with van der Waals surface area (Å²) in [6.07, 6.45) is 3.42. The predicted octanol–water partition coefficient (Wildman–Crippen LogP) is 1.94. The topological polar surface area (TPSA) is 58.3 Å². The Balaban J connectivity index is 1.63. The van der Waals surface area contributed by atoms with Gasteiger partial charge in [0.1, 0.15) is 11.6 Å². The van der Waals surface area contributed by atoms with E-state index in [9.17, 15) is 0 Å². The predicted molar refractivity (Wildman–Crippen MR) is 101 cm³/mol. The minimum atomic E-state index is 0.585. The van der Waals surface area contributed by atoms with Gasteiger partial charge in [0.25, 0.3) is 0 Å². The first-order valence-electron chi connectivity index (χ1n) is 9.24. The van der Waals surface area contributed by atoms with Gasteiger partial charge < -0.3 is 14.8 Å². The van der Waals surface area contributed by atoms with Gasteiger partial charge in [0.05, 0.1) is 0 Å². The Morgan fingerprint density at radius 2 is 2.21 bits per heavy atom. The second kappa shape index (κ2) is 8.23. The van der Waals surface area contributed by atoms with Gasteiger partial charge in [-0.25, -0.2) is 0 Å². The van der Waals surface area contributed by atoms with Crippen molar-refractivity contribution in [1.29, 1.82) is 0 Å². The molecule has 0 aromatic carbocycles. The Labute approximate surface area is 149 Å². The van der Waals surface area contributed by atoms with Gasteiger partial charge in [-0.05, 0) is 32.6 Å². The summed E-state index contributed by atoms with van der Waals surface area (Å²) in [6, 6.07) is 0. The molecule has 0 saturated carbocycles. The highest BCUT2D eigenvalue weighted by Crippen LogP contribution is 2.22. The van der Waals surface area contributed by atoms with Gasteiger partial charge in [0, 0.05) is 50.1 Å². The Morgan fingerprint density at radius 3 is 3.00 bits per heavy atom. The van der Waals surface area contributed by atoms with E-state index in [1.54, 1.807) is 0 Å². The molecule has 2 atom stereocenters. The Kier molecular flexibility index (Phi) is 6.03. The summed E-state index contributed by atoms with van der Waals surface area (Å²) in [6.45, 7) is 11.5. The molecule has 1 saturated heterocycles. The molecular weight excluding hydrogens is 320 g/mol. The molecule has 1 fully saturated rings. The van der Waals surface area contributed by atoms with Gasteiger partial charge in [-0.3, -0.25) is 4.99 Å². The molecule has 7 heteroatoms. The lowest BCUT2D eigenvalue weighted by molar-refractivity contribution is 0.363. The number of thioether (sulfide) groups is 1. The monoisotopic (exact) mass is 350 g/mol. The molecule has 134 valence electrons. The number of nitrogens with one attached hydrogen (secondary N) is 1. The molecule has 2 aliphatic heterocycles. The largest absolute Gasteiger partial charge is 0.357 e. The van der Waals surface area contributed by atoms with Crippen molar-refractivity contribution < 1.29 is 0 Å². The number of aliphatic imine (C=N–C) groups is 1. The number of fused-ring (bicyclic) bond motifs is 1. The third-order valence-corrected chi connectivity index (χ3v) is 6.33. The summed E-state index contributed by atoms with van der Waals surface area (Å²) in [7, 11) is 0. The number of nitrogens with zero attached hydrogens (tertiary/aromatic N) is 5. The summed E-state index contributed by atoms with van der Waals surface area (Å²) in [5.74, 6) is 5.06. The second-order valence-electron chi connectivity index (χ2n) is 6.72. The SMILES string of the molecule is CCNC(=NCC1CCc2nnc(C)n2C1)N1CCSC(CC)C1. The minimum absolute atomic E-state index is 0.585. The number of hydrogen-bond acceptors (Lipinski definition) is 4. The third-order valence-electron chi connectivity index (χ3n) is 4.96. The van der Waals surface area contributed by atoms with Crippen LogP contribution in [0.2, 0.25) is 0 Å². The van der Waals surface area contributed by atoms with Crippen molar-refractivity contribution in [2.75, 3.05) is 31.9 Å².